The molecule has 7 nitrogen and oxygen atoms in total. The van der Waals surface area contributed by atoms with Crippen molar-refractivity contribution in [3.8, 4) is 5.75 Å². The third-order valence-electron chi connectivity index (χ3n) is 9.10. The van der Waals surface area contributed by atoms with E-state index in [0.717, 1.165) is 37.2 Å². The number of likely N-dealkylation sites (N-methyl/N-ethyl adjacent to an activating group) is 1. The fraction of sp³-hybridized carbons (Fsp3) is 0.606. The van der Waals surface area contributed by atoms with Crippen LogP contribution >= 0.6 is 0 Å². The van der Waals surface area contributed by atoms with Crippen LogP contribution in [0.1, 0.15) is 62.6 Å². The smallest absolute Gasteiger partial charge is 0.225 e. The molecule has 1 heterocycles. The summed E-state index contributed by atoms with van der Waals surface area (Å²) in [5, 5.41) is 10.9. The van der Waals surface area contributed by atoms with Gasteiger partial charge in [-0.15, -0.1) is 0 Å². The number of benzene rings is 2. The van der Waals surface area contributed by atoms with Crippen LogP contribution in [0.3, 0.4) is 0 Å². The van der Waals surface area contributed by atoms with Gasteiger partial charge in [-0.3, -0.25) is 4.79 Å². The summed E-state index contributed by atoms with van der Waals surface area (Å²) in [4.78, 5) is 17.6. The molecule has 1 atom stereocenters. The van der Waals surface area contributed by atoms with E-state index in [4.69, 9.17) is 14.2 Å². The number of rotatable bonds is 15. The number of likely N-dealkylation sites (tertiary alicyclic amines) is 1. The average Bonchev–Trinajstić information content (AvgIpc) is 3.50. The molecule has 220 valence electrons. The molecule has 1 amide bonds. The number of carbonyl (C=O) groups excluding carboxylic acids is 1. The summed E-state index contributed by atoms with van der Waals surface area (Å²) in [6.45, 7) is 8.45. The molecule has 1 aliphatic carbocycles. The number of phenolic OH excluding ortho intramolecular Hbond substituents is 1. The van der Waals surface area contributed by atoms with Crippen molar-refractivity contribution in [1.29, 1.82) is 0 Å². The minimum absolute atomic E-state index is 0.0840. The summed E-state index contributed by atoms with van der Waals surface area (Å²) in [6.07, 6.45) is 5.44. The molecule has 2 aromatic rings. The van der Waals surface area contributed by atoms with E-state index in [1.807, 2.05) is 23.1 Å². The first-order valence-electron chi connectivity index (χ1n) is 14.9. The number of aromatic hydroxyl groups is 1. The summed E-state index contributed by atoms with van der Waals surface area (Å²) in [5.74, 6) is 0.958. The summed E-state index contributed by atoms with van der Waals surface area (Å²) in [6, 6.07) is 16.6. The second-order valence-electron chi connectivity index (χ2n) is 11.4. The van der Waals surface area contributed by atoms with Crippen LogP contribution in [0.25, 0.3) is 0 Å². The Balaban J connectivity index is 1.33. The summed E-state index contributed by atoms with van der Waals surface area (Å²) < 4.78 is 16.8. The van der Waals surface area contributed by atoms with Gasteiger partial charge < -0.3 is 29.1 Å². The Labute approximate surface area is 240 Å². The van der Waals surface area contributed by atoms with E-state index in [2.05, 4.69) is 49.1 Å². The van der Waals surface area contributed by atoms with E-state index in [9.17, 15) is 9.90 Å². The molecule has 2 aliphatic rings. The quantitative estimate of drug-likeness (QED) is 0.248. The summed E-state index contributed by atoms with van der Waals surface area (Å²) in [7, 11) is 3.22. The lowest BCUT2D eigenvalue weighted by molar-refractivity contribution is -0.151. The van der Waals surface area contributed by atoms with Crippen LogP contribution in [-0.4, -0.2) is 86.8 Å². The topological polar surface area (TPSA) is 71.5 Å². The second kappa shape index (κ2) is 14.4. The monoisotopic (exact) mass is 552 g/mol. The minimum atomic E-state index is -0.434. The zero-order valence-electron chi connectivity index (χ0n) is 24.8. The standard InChI is InChI=1S/C33H48N2O5/c1-5-34-23-33(24-34,28-13-7-6-8-14-28)29-21-26(15-16-30(29)36)17-19-40-20-18-31(37)35(22-32(38-3)39-4)25(2)27-11-9-10-12-27/h6-8,13-16,21,25,27,32,36H,5,9-12,17-20,22-24H2,1-4H3/t25-/m1/s1. The van der Waals surface area contributed by atoms with E-state index in [1.54, 1.807) is 14.2 Å². The van der Waals surface area contributed by atoms with Gasteiger partial charge in [-0.1, -0.05) is 62.2 Å². The van der Waals surface area contributed by atoms with Gasteiger partial charge in [0.05, 0.1) is 26.2 Å². The maximum absolute atomic E-state index is 13.3. The maximum atomic E-state index is 13.3. The molecule has 0 spiro atoms. The SMILES string of the molecule is CCN1CC(c2ccccc2)(c2cc(CCOCCC(=O)N(CC(OC)OC)[C@H](C)C3CCCC3)ccc2O)C1. The predicted molar refractivity (Wildman–Crippen MR) is 158 cm³/mol. The lowest BCUT2D eigenvalue weighted by Gasteiger charge is -2.51. The van der Waals surface area contributed by atoms with Gasteiger partial charge in [-0.25, -0.2) is 0 Å². The molecule has 2 fully saturated rings. The molecule has 0 radical (unpaired) electrons. The van der Waals surface area contributed by atoms with Crippen molar-refractivity contribution in [2.75, 3.05) is 53.6 Å². The van der Waals surface area contributed by atoms with Crippen LogP contribution < -0.4 is 0 Å². The fourth-order valence-corrected chi connectivity index (χ4v) is 6.52. The third-order valence-corrected chi connectivity index (χ3v) is 9.10. The van der Waals surface area contributed by atoms with Crippen LogP contribution in [0.2, 0.25) is 0 Å². The Morgan fingerprint density at radius 2 is 1.77 bits per heavy atom. The third kappa shape index (κ3) is 7.06. The van der Waals surface area contributed by atoms with Gasteiger partial charge in [0, 0.05) is 44.3 Å². The first-order valence-corrected chi connectivity index (χ1v) is 14.9. The van der Waals surface area contributed by atoms with E-state index in [-0.39, 0.29) is 17.4 Å². The molecule has 1 saturated carbocycles. The Hall–Kier alpha value is -2.45. The van der Waals surface area contributed by atoms with E-state index in [0.29, 0.717) is 37.8 Å². The number of methoxy groups -OCH3 is 2. The second-order valence-corrected chi connectivity index (χ2v) is 11.4. The number of nitrogens with zero attached hydrogens (tertiary/aromatic N) is 2. The predicted octanol–water partition coefficient (Wildman–Crippen LogP) is 4.99. The van der Waals surface area contributed by atoms with Crippen molar-refractivity contribution in [3.05, 3.63) is 65.2 Å². The van der Waals surface area contributed by atoms with Gasteiger partial charge in [0.15, 0.2) is 6.29 Å². The molecule has 2 aromatic carbocycles. The first kappa shape index (κ1) is 30.5. The van der Waals surface area contributed by atoms with Crippen molar-refractivity contribution < 1.29 is 24.1 Å². The number of ether oxygens (including phenoxy) is 3. The molecular formula is C33H48N2O5. The minimum Gasteiger partial charge on any atom is -0.508 e. The Kier molecular flexibility index (Phi) is 11.0. The number of hydrogen-bond donors (Lipinski definition) is 1. The van der Waals surface area contributed by atoms with Gasteiger partial charge in [0.1, 0.15) is 5.75 Å². The molecule has 1 saturated heterocycles. The Morgan fingerprint density at radius 3 is 2.42 bits per heavy atom. The molecule has 4 rings (SSSR count). The van der Waals surface area contributed by atoms with E-state index >= 15 is 0 Å². The summed E-state index contributed by atoms with van der Waals surface area (Å²) >= 11 is 0. The lowest BCUT2D eigenvalue weighted by atomic mass is 9.68. The van der Waals surface area contributed by atoms with Crippen LogP contribution in [0.15, 0.2) is 48.5 Å². The van der Waals surface area contributed by atoms with Gasteiger partial charge in [0.2, 0.25) is 5.91 Å². The molecular weight excluding hydrogens is 504 g/mol. The zero-order valence-corrected chi connectivity index (χ0v) is 24.8. The van der Waals surface area contributed by atoms with Gasteiger partial charge >= 0.3 is 0 Å². The number of hydrogen-bond acceptors (Lipinski definition) is 6. The molecule has 0 aromatic heterocycles. The van der Waals surface area contributed by atoms with Gasteiger partial charge in [-0.05, 0) is 55.8 Å². The van der Waals surface area contributed by atoms with Crippen molar-refractivity contribution in [2.45, 2.75) is 70.1 Å². The van der Waals surface area contributed by atoms with Crippen LogP contribution in [0, 0.1) is 5.92 Å². The molecule has 0 bridgehead atoms. The summed E-state index contributed by atoms with van der Waals surface area (Å²) in [5.41, 5.74) is 3.15. The highest BCUT2D eigenvalue weighted by Crippen LogP contribution is 2.44. The lowest BCUT2D eigenvalue weighted by Crippen LogP contribution is -2.59. The van der Waals surface area contributed by atoms with Crippen molar-refractivity contribution in [2.24, 2.45) is 5.92 Å². The number of carbonyl (C=O) groups is 1. The van der Waals surface area contributed by atoms with Crippen molar-refractivity contribution >= 4 is 5.91 Å². The van der Waals surface area contributed by atoms with Crippen LogP contribution in [0.4, 0.5) is 0 Å². The van der Waals surface area contributed by atoms with Crippen LogP contribution in [0.5, 0.6) is 5.75 Å². The number of amides is 1. The molecule has 0 unspecified atom stereocenters. The molecule has 1 aliphatic heterocycles. The normalized spacial score (nSPS) is 18.1. The molecule has 1 N–H and O–H groups in total. The highest BCUT2D eigenvalue weighted by Gasteiger charge is 2.46. The highest BCUT2D eigenvalue weighted by molar-refractivity contribution is 5.76. The van der Waals surface area contributed by atoms with E-state index in [1.165, 1.54) is 31.2 Å². The first-order chi connectivity index (χ1) is 19.4. The van der Waals surface area contributed by atoms with Gasteiger partial charge in [-0.2, -0.15) is 0 Å². The largest absolute Gasteiger partial charge is 0.508 e. The number of phenols is 1. The average molecular weight is 553 g/mol. The van der Waals surface area contributed by atoms with Gasteiger partial charge in [0.25, 0.3) is 0 Å². The van der Waals surface area contributed by atoms with E-state index < -0.39 is 6.29 Å². The molecule has 7 heteroatoms. The zero-order chi connectivity index (χ0) is 28.5. The highest BCUT2D eigenvalue weighted by atomic mass is 16.7. The van der Waals surface area contributed by atoms with Crippen molar-refractivity contribution in [1.82, 2.24) is 9.80 Å². The molecule has 40 heavy (non-hydrogen) atoms. The maximum Gasteiger partial charge on any atom is 0.225 e. The Bertz CT molecular complexity index is 1060. The Morgan fingerprint density at radius 1 is 1.07 bits per heavy atom. The van der Waals surface area contributed by atoms with Crippen molar-refractivity contribution in [3.63, 3.8) is 0 Å². The fourth-order valence-electron chi connectivity index (χ4n) is 6.52. The van der Waals surface area contributed by atoms with Crippen LogP contribution in [-0.2, 0) is 30.8 Å².